The molecule has 5 nitrogen and oxygen atoms in total. The molecule has 0 spiro atoms. The number of aliphatic imine (C=N–C) groups is 1. The molecule has 1 aromatic carbocycles. The van der Waals surface area contributed by atoms with Crippen LogP contribution in [0.1, 0.15) is 25.3 Å². The summed E-state index contributed by atoms with van der Waals surface area (Å²) in [6, 6.07) is 6.35. The van der Waals surface area contributed by atoms with Crippen LogP contribution in [0.15, 0.2) is 23.2 Å². The molecule has 0 aromatic heterocycles. The van der Waals surface area contributed by atoms with Crippen molar-refractivity contribution in [3.63, 3.8) is 0 Å². The Labute approximate surface area is 138 Å². The third kappa shape index (κ3) is 3.61. The van der Waals surface area contributed by atoms with E-state index in [9.17, 15) is 0 Å². The molecule has 126 valence electrons. The van der Waals surface area contributed by atoms with E-state index in [1.54, 1.807) is 14.2 Å². The van der Waals surface area contributed by atoms with Crippen LogP contribution in [0.2, 0.25) is 0 Å². The Morgan fingerprint density at radius 2 is 2.04 bits per heavy atom. The van der Waals surface area contributed by atoms with Crippen LogP contribution in [0.25, 0.3) is 0 Å². The van der Waals surface area contributed by atoms with Gasteiger partial charge in [-0.05, 0) is 31.7 Å². The van der Waals surface area contributed by atoms with Crippen molar-refractivity contribution in [1.82, 2.24) is 4.90 Å². The first kappa shape index (κ1) is 16.1. The van der Waals surface area contributed by atoms with E-state index in [1.807, 2.05) is 19.1 Å². The molecule has 1 saturated carbocycles. The first-order chi connectivity index (χ1) is 11.3. The van der Waals surface area contributed by atoms with Gasteiger partial charge in [0.05, 0.1) is 33.4 Å². The Morgan fingerprint density at radius 3 is 2.70 bits per heavy atom. The maximum atomic E-state index is 5.81. The molecule has 1 aliphatic carbocycles. The fraction of sp³-hybridized carbons (Fsp3) is 0.611. The zero-order chi connectivity index (χ0) is 16.2. The van der Waals surface area contributed by atoms with Crippen LogP contribution >= 0.6 is 0 Å². The van der Waals surface area contributed by atoms with Gasteiger partial charge in [0.1, 0.15) is 11.5 Å². The molecule has 1 aliphatic heterocycles. The summed E-state index contributed by atoms with van der Waals surface area (Å²) in [7, 11) is 3.38. The second-order valence-corrected chi connectivity index (χ2v) is 6.08. The standard InChI is InChI=1S/C18H26N2O3/c1-4-23-18-17(13-5-6-13)20(10-9-19-18)12-14-7-8-15(21-2)11-16(14)22-3/h7-8,11,13,17H,4-6,9-10,12H2,1-3H3. The summed E-state index contributed by atoms with van der Waals surface area (Å²) in [5.41, 5.74) is 1.18. The normalized spacial score (nSPS) is 21.7. The molecular weight excluding hydrogens is 292 g/mol. The minimum Gasteiger partial charge on any atom is -0.497 e. The number of rotatable bonds is 6. The predicted octanol–water partition coefficient (Wildman–Crippen LogP) is 2.73. The monoisotopic (exact) mass is 318 g/mol. The zero-order valence-electron chi connectivity index (χ0n) is 14.2. The van der Waals surface area contributed by atoms with Crippen molar-refractivity contribution in [3.05, 3.63) is 23.8 Å². The molecule has 0 N–H and O–H groups in total. The van der Waals surface area contributed by atoms with Gasteiger partial charge in [-0.3, -0.25) is 9.89 Å². The van der Waals surface area contributed by atoms with Crippen LogP contribution < -0.4 is 9.47 Å². The summed E-state index contributed by atoms with van der Waals surface area (Å²) < 4.78 is 16.6. The molecule has 0 saturated heterocycles. The van der Waals surface area contributed by atoms with Crippen LogP contribution in [0.5, 0.6) is 11.5 Å². The average molecular weight is 318 g/mol. The van der Waals surface area contributed by atoms with Crippen LogP contribution in [-0.2, 0) is 11.3 Å². The molecule has 1 unspecified atom stereocenters. The maximum absolute atomic E-state index is 5.81. The van der Waals surface area contributed by atoms with Crippen molar-refractivity contribution >= 4 is 5.90 Å². The molecule has 5 heteroatoms. The topological polar surface area (TPSA) is 43.3 Å². The largest absolute Gasteiger partial charge is 0.497 e. The van der Waals surface area contributed by atoms with Crippen LogP contribution in [0.4, 0.5) is 0 Å². The van der Waals surface area contributed by atoms with Gasteiger partial charge in [-0.2, -0.15) is 0 Å². The van der Waals surface area contributed by atoms with E-state index in [4.69, 9.17) is 14.2 Å². The van der Waals surface area contributed by atoms with Crippen molar-refractivity contribution in [2.24, 2.45) is 10.9 Å². The number of hydrogen-bond acceptors (Lipinski definition) is 5. The van der Waals surface area contributed by atoms with E-state index in [0.717, 1.165) is 37.0 Å². The molecule has 0 bridgehead atoms. The highest BCUT2D eigenvalue weighted by Crippen LogP contribution is 2.38. The minimum atomic E-state index is 0.315. The van der Waals surface area contributed by atoms with Gasteiger partial charge >= 0.3 is 0 Å². The van der Waals surface area contributed by atoms with Gasteiger partial charge in [-0.15, -0.1) is 0 Å². The van der Waals surface area contributed by atoms with E-state index < -0.39 is 0 Å². The highest BCUT2D eigenvalue weighted by molar-refractivity contribution is 5.83. The lowest BCUT2D eigenvalue weighted by Gasteiger charge is -2.35. The lowest BCUT2D eigenvalue weighted by atomic mass is 10.1. The summed E-state index contributed by atoms with van der Waals surface area (Å²) in [5.74, 6) is 3.30. The summed E-state index contributed by atoms with van der Waals surface area (Å²) in [4.78, 5) is 7.11. The summed E-state index contributed by atoms with van der Waals surface area (Å²) in [6.45, 7) is 5.32. The first-order valence-corrected chi connectivity index (χ1v) is 8.39. The zero-order valence-corrected chi connectivity index (χ0v) is 14.2. The first-order valence-electron chi connectivity index (χ1n) is 8.39. The van der Waals surface area contributed by atoms with Crippen molar-refractivity contribution in [3.8, 4) is 11.5 Å². The van der Waals surface area contributed by atoms with E-state index in [2.05, 4.69) is 16.0 Å². The van der Waals surface area contributed by atoms with Crippen LogP contribution in [-0.4, -0.2) is 50.8 Å². The predicted molar refractivity (Wildman–Crippen MR) is 90.4 cm³/mol. The fourth-order valence-electron chi connectivity index (χ4n) is 3.25. The van der Waals surface area contributed by atoms with E-state index >= 15 is 0 Å². The van der Waals surface area contributed by atoms with Gasteiger partial charge < -0.3 is 14.2 Å². The molecular formula is C18H26N2O3. The lowest BCUT2D eigenvalue weighted by molar-refractivity contribution is 0.168. The number of nitrogens with zero attached hydrogens (tertiary/aromatic N) is 2. The van der Waals surface area contributed by atoms with Crippen molar-refractivity contribution in [2.75, 3.05) is 33.9 Å². The molecule has 0 radical (unpaired) electrons. The number of benzene rings is 1. The van der Waals surface area contributed by atoms with Crippen molar-refractivity contribution in [1.29, 1.82) is 0 Å². The van der Waals surface area contributed by atoms with Crippen LogP contribution in [0, 0.1) is 5.92 Å². The van der Waals surface area contributed by atoms with Crippen molar-refractivity contribution < 1.29 is 14.2 Å². The highest BCUT2D eigenvalue weighted by atomic mass is 16.5. The van der Waals surface area contributed by atoms with Gasteiger partial charge in [0.2, 0.25) is 5.90 Å². The maximum Gasteiger partial charge on any atom is 0.201 e. The molecule has 2 aliphatic rings. The Balaban J connectivity index is 1.79. The van der Waals surface area contributed by atoms with Gasteiger partial charge in [0.15, 0.2) is 0 Å². The number of ether oxygens (including phenoxy) is 3. The molecule has 1 aromatic rings. The Kier molecular flexibility index (Phi) is 5.06. The number of hydrogen-bond donors (Lipinski definition) is 0. The summed E-state index contributed by atoms with van der Waals surface area (Å²) in [6.07, 6.45) is 2.54. The molecule has 1 atom stereocenters. The number of methoxy groups -OCH3 is 2. The Bertz CT molecular complexity index is 569. The summed E-state index contributed by atoms with van der Waals surface area (Å²) >= 11 is 0. The molecule has 1 heterocycles. The Hall–Kier alpha value is -1.75. The summed E-state index contributed by atoms with van der Waals surface area (Å²) in [5, 5.41) is 0. The fourth-order valence-corrected chi connectivity index (χ4v) is 3.25. The van der Waals surface area contributed by atoms with E-state index in [0.29, 0.717) is 18.6 Å². The molecule has 3 rings (SSSR count). The Morgan fingerprint density at radius 1 is 1.22 bits per heavy atom. The van der Waals surface area contributed by atoms with Gasteiger partial charge in [-0.1, -0.05) is 6.07 Å². The SMILES string of the molecule is CCOC1=NCCN(Cc2ccc(OC)cc2OC)C1C1CC1. The van der Waals surface area contributed by atoms with Gasteiger partial charge in [0, 0.05) is 24.7 Å². The van der Waals surface area contributed by atoms with Crippen LogP contribution in [0.3, 0.4) is 0 Å². The third-order valence-electron chi connectivity index (χ3n) is 4.53. The molecule has 23 heavy (non-hydrogen) atoms. The molecule has 1 fully saturated rings. The highest BCUT2D eigenvalue weighted by Gasteiger charge is 2.41. The van der Waals surface area contributed by atoms with Gasteiger partial charge in [0.25, 0.3) is 0 Å². The smallest absolute Gasteiger partial charge is 0.201 e. The second kappa shape index (κ2) is 7.21. The second-order valence-electron chi connectivity index (χ2n) is 6.08. The minimum absolute atomic E-state index is 0.315. The van der Waals surface area contributed by atoms with E-state index in [-0.39, 0.29) is 0 Å². The average Bonchev–Trinajstić information content (AvgIpc) is 3.40. The lowest BCUT2D eigenvalue weighted by Crippen LogP contribution is -2.47. The van der Waals surface area contributed by atoms with E-state index in [1.165, 1.54) is 18.4 Å². The quantitative estimate of drug-likeness (QED) is 0.809. The van der Waals surface area contributed by atoms with Crippen molar-refractivity contribution in [2.45, 2.75) is 32.4 Å². The van der Waals surface area contributed by atoms with Gasteiger partial charge in [-0.25, -0.2) is 0 Å². The molecule has 0 amide bonds. The third-order valence-corrected chi connectivity index (χ3v) is 4.53.